The predicted molar refractivity (Wildman–Crippen MR) is 96.3 cm³/mol. The number of hydrogen-bond acceptors (Lipinski definition) is 5. The normalized spacial score (nSPS) is 12.2. The van der Waals surface area contributed by atoms with Gasteiger partial charge in [0.1, 0.15) is 5.56 Å². The Labute approximate surface area is 165 Å². The highest BCUT2D eigenvalue weighted by atomic mass is 19.4. The molecule has 0 saturated heterocycles. The predicted octanol–water partition coefficient (Wildman–Crippen LogP) is 3.44. The first-order valence-electron chi connectivity index (χ1n) is 8.68. The monoisotopic (exact) mass is 408 g/mol. The average Bonchev–Trinajstić information content (AvgIpc) is 3.13. The third-order valence-electron chi connectivity index (χ3n) is 4.26. The van der Waals surface area contributed by atoms with E-state index in [-0.39, 0.29) is 36.2 Å². The highest BCUT2D eigenvalue weighted by molar-refractivity contribution is 5.94. The van der Waals surface area contributed by atoms with Crippen molar-refractivity contribution in [2.24, 2.45) is 0 Å². The molecule has 0 aliphatic carbocycles. The minimum absolute atomic E-state index is 0.0251. The fourth-order valence-corrected chi connectivity index (χ4v) is 2.59. The Kier molecular flexibility index (Phi) is 6.64. The second-order valence-electron chi connectivity index (χ2n) is 6.21. The minimum Gasteiger partial charge on any atom is -0.462 e. The zero-order chi connectivity index (χ0) is 21.8. The molecule has 0 saturated carbocycles. The van der Waals surface area contributed by atoms with Crippen LogP contribution in [0.3, 0.4) is 0 Å². The van der Waals surface area contributed by atoms with E-state index in [2.05, 4.69) is 9.84 Å². The fraction of sp³-hybridized carbons (Fsp3) is 0.368. The first-order valence-corrected chi connectivity index (χ1v) is 8.68. The molecule has 0 fully saturated rings. The molecular formula is C19H19F3N4O3. The third-order valence-corrected chi connectivity index (χ3v) is 4.26. The van der Waals surface area contributed by atoms with Crippen molar-refractivity contribution in [3.63, 3.8) is 0 Å². The zero-order valence-corrected chi connectivity index (χ0v) is 16.0. The van der Waals surface area contributed by atoms with Crippen molar-refractivity contribution < 1.29 is 27.5 Å². The molecule has 0 aliphatic rings. The van der Waals surface area contributed by atoms with Crippen LogP contribution in [0.1, 0.15) is 46.7 Å². The van der Waals surface area contributed by atoms with Gasteiger partial charge in [-0.15, -0.1) is 0 Å². The lowest BCUT2D eigenvalue weighted by Gasteiger charge is -2.23. The van der Waals surface area contributed by atoms with Crippen LogP contribution in [0, 0.1) is 11.3 Å². The van der Waals surface area contributed by atoms with E-state index in [1.807, 2.05) is 6.07 Å². The van der Waals surface area contributed by atoms with Gasteiger partial charge >= 0.3 is 12.1 Å². The van der Waals surface area contributed by atoms with Gasteiger partial charge in [0.2, 0.25) is 0 Å². The minimum atomic E-state index is -4.85. The summed E-state index contributed by atoms with van der Waals surface area (Å²) >= 11 is 0. The zero-order valence-electron chi connectivity index (χ0n) is 16.0. The van der Waals surface area contributed by atoms with Gasteiger partial charge in [-0.2, -0.15) is 23.5 Å². The molecule has 7 nitrogen and oxygen atoms in total. The number of ether oxygens (including phenoxy) is 1. The number of amides is 1. The molecule has 2 aromatic rings. The van der Waals surface area contributed by atoms with Crippen molar-refractivity contribution in [2.75, 3.05) is 13.7 Å². The second kappa shape index (κ2) is 8.77. The molecule has 1 heterocycles. The maximum absolute atomic E-state index is 13.5. The van der Waals surface area contributed by atoms with Crippen LogP contribution >= 0.6 is 0 Å². The lowest BCUT2D eigenvalue weighted by molar-refractivity contribution is -0.143. The van der Waals surface area contributed by atoms with Crippen molar-refractivity contribution in [3.05, 3.63) is 47.3 Å². The molecule has 1 aromatic carbocycles. The summed E-state index contributed by atoms with van der Waals surface area (Å²) in [5.41, 5.74) is -1.68. The maximum Gasteiger partial charge on any atom is 0.434 e. The molecule has 1 unspecified atom stereocenters. The van der Waals surface area contributed by atoms with E-state index in [1.54, 1.807) is 14.0 Å². The molecule has 29 heavy (non-hydrogen) atoms. The van der Waals surface area contributed by atoms with Crippen LogP contribution in [-0.2, 0) is 10.9 Å². The number of nitriles is 1. The van der Waals surface area contributed by atoms with E-state index in [1.165, 1.54) is 36.1 Å². The van der Waals surface area contributed by atoms with Crippen LogP contribution in [0.5, 0.6) is 0 Å². The maximum atomic E-state index is 13.5. The standard InChI is InChI=1S/C19H19F3N4O3/c1-4-29-18(28)15-11-24-26(16(15)19(20,21)22)14-7-5-13(6-8-14)17(27)25(3)12(2)9-10-23/h5-8,11-12H,4,9H2,1-3H3. The van der Waals surface area contributed by atoms with Crippen LogP contribution in [-0.4, -0.2) is 46.3 Å². The molecule has 0 spiro atoms. The van der Waals surface area contributed by atoms with Gasteiger partial charge in [0.25, 0.3) is 5.91 Å². The number of alkyl halides is 3. The summed E-state index contributed by atoms with van der Waals surface area (Å²) in [6.07, 6.45) is -3.89. The van der Waals surface area contributed by atoms with Crippen molar-refractivity contribution in [3.8, 4) is 11.8 Å². The molecule has 10 heteroatoms. The Morgan fingerprint density at radius 3 is 2.45 bits per heavy atom. The van der Waals surface area contributed by atoms with E-state index >= 15 is 0 Å². The molecule has 0 N–H and O–H groups in total. The quantitative estimate of drug-likeness (QED) is 0.684. The molecule has 0 radical (unpaired) electrons. The van der Waals surface area contributed by atoms with Gasteiger partial charge in [-0.3, -0.25) is 4.79 Å². The van der Waals surface area contributed by atoms with Crippen molar-refractivity contribution in [1.29, 1.82) is 5.26 Å². The largest absolute Gasteiger partial charge is 0.462 e. The van der Waals surface area contributed by atoms with Gasteiger partial charge in [-0.25, -0.2) is 9.48 Å². The van der Waals surface area contributed by atoms with Crippen molar-refractivity contribution >= 4 is 11.9 Å². The first-order chi connectivity index (χ1) is 13.6. The van der Waals surface area contributed by atoms with E-state index in [9.17, 15) is 22.8 Å². The molecular weight excluding hydrogens is 389 g/mol. The van der Waals surface area contributed by atoms with Crippen LogP contribution in [0.25, 0.3) is 5.69 Å². The molecule has 154 valence electrons. The highest BCUT2D eigenvalue weighted by Crippen LogP contribution is 2.34. The van der Waals surface area contributed by atoms with Gasteiger partial charge in [0, 0.05) is 18.7 Å². The number of nitrogens with zero attached hydrogens (tertiary/aromatic N) is 4. The van der Waals surface area contributed by atoms with Crippen molar-refractivity contribution in [1.82, 2.24) is 14.7 Å². The Morgan fingerprint density at radius 1 is 1.31 bits per heavy atom. The van der Waals surface area contributed by atoms with E-state index in [0.29, 0.717) is 4.68 Å². The lowest BCUT2D eigenvalue weighted by atomic mass is 10.1. The van der Waals surface area contributed by atoms with Crippen LogP contribution in [0.2, 0.25) is 0 Å². The first kappa shape index (κ1) is 21.9. The SMILES string of the molecule is CCOC(=O)c1cnn(-c2ccc(C(=O)N(C)C(C)CC#N)cc2)c1C(F)(F)F. The van der Waals surface area contributed by atoms with E-state index in [0.717, 1.165) is 6.20 Å². The molecule has 0 bridgehead atoms. The van der Waals surface area contributed by atoms with Gasteiger partial charge < -0.3 is 9.64 Å². The number of hydrogen-bond donors (Lipinski definition) is 0. The second-order valence-corrected chi connectivity index (χ2v) is 6.21. The Bertz CT molecular complexity index is 930. The highest BCUT2D eigenvalue weighted by Gasteiger charge is 2.41. The van der Waals surface area contributed by atoms with Crippen LogP contribution in [0.4, 0.5) is 13.2 Å². The smallest absolute Gasteiger partial charge is 0.434 e. The molecule has 1 amide bonds. The summed E-state index contributed by atoms with van der Waals surface area (Å²) in [5.74, 6) is -1.49. The van der Waals surface area contributed by atoms with Gasteiger partial charge in [0.05, 0.1) is 31.0 Å². The van der Waals surface area contributed by atoms with Gasteiger partial charge in [-0.05, 0) is 38.1 Å². The van der Waals surface area contributed by atoms with Gasteiger partial charge in [0.15, 0.2) is 5.69 Å². The Hall–Kier alpha value is -3.35. The molecule has 1 atom stereocenters. The Morgan fingerprint density at radius 2 is 1.93 bits per heavy atom. The van der Waals surface area contributed by atoms with Gasteiger partial charge in [-0.1, -0.05) is 0 Å². The average molecular weight is 408 g/mol. The van der Waals surface area contributed by atoms with Crippen LogP contribution < -0.4 is 0 Å². The Balaban J connectivity index is 2.39. The number of rotatable bonds is 6. The number of aromatic nitrogens is 2. The van der Waals surface area contributed by atoms with Crippen molar-refractivity contribution in [2.45, 2.75) is 32.5 Å². The molecule has 0 aliphatic heterocycles. The lowest BCUT2D eigenvalue weighted by Crippen LogP contribution is -2.34. The fourth-order valence-electron chi connectivity index (χ4n) is 2.59. The summed E-state index contributed by atoms with van der Waals surface area (Å²) < 4.78 is 45.9. The number of carbonyl (C=O) groups is 2. The summed E-state index contributed by atoms with van der Waals surface area (Å²) in [5, 5.41) is 12.4. The molecule has 2 rings (SSSR count). The summed E-state index contributed by atoms with van der Waals surface area (Å²) in [4.78, 5) is 25.7. The topological polar surface area (TPSA) is 88.2 Å². The summed E-state index contributed by atoms with van der Waals surface area (Å²) in [7, 11) is 1.54. The third kappa shape index (κ3) is 4.74. The number of halogens is 3. The summed E-state index contributed by atoms with van der Waals surface area (Å²) in [6, 6.07) is 6.98. The number of carbonyl (C=O) groups excluding carboxylic acids is 2. The number of esters is 1. The summed E-state index contributed by atoms with van der Waals surface area (Å²) in [6.45, 7) is 3.13. The van der Waals surface area contributed by atoms with E-state index < -0.39 is 23.4 Å². The number of benzene rings is 1. The van der Waals surface area contributed by atoms with E-state index in [4.69, 9.17) is 5.26 Å². The van der Waals surface area contributed by atoms with Crippen LogP contribution in [0.15, 0.2) is 30.5 Å². The molecule has 1 aromatic heterocycles.